The number of hydrogen-bond donors (Lipinski definition) is 0. The largest absolute Gasteiger partial charge is 0.496 e. The van der Waals surface area contributed by atoms with Crippen LogP contribution in [-0.2, 0) is 22.4 Å². The summed E-state index contributed by atoms with van der Waals surface area (Å²) < 4.78 is 17.5. The van der Waals surface area contributed by atoms with Crippen molar-refractivity contribution in [3.05, 3.63) is 44.8 Å². The van der Waals surface area contributed by atoms with Gasteiger partial charge in [0.05, 0.1) is 32.3 Å². The van der Waals surface area contributed by atoms with Crippen molar-refractivity contribution < 1.29 is 14.2 Å². The normalized spacial score (nSPS) is 11.3. The maximum atomic E-state index is 13.4. The predicted octanol–water partition coefficient (Wildman–Crippen LogP) is 3.59. The maximum Gasteiger partial charge on any atom is 0.262 e. The molecule has 0 radical (unpaired) electrons. The molecule has 0 aliphatic carbocycles. The zero-order valence-electron chi connectivity index (χ0n) is 17.0. The summed E-state index contributed by atoms with van der Waals surface area (Å²) in [6.07, 6.45) is 0.583. The molecule has 0 bridgehead atoms. The van der Waals surface area contributed by atoms with Crippen molar-refractivity contribution in [1.82, 2.24) is 9.55 Å². The van der Waals surface area contributed by atoms with E-state index in [1.165, 1.54) is 0 Å². The van der Waals surface area contributed by atoms with Gasteiger partial charge in [-0.25, -0.2) is 4.98 Å². The quantitative estimate of drug-likeness (QED) is 0.576. The Bertz CT molecular complexity index is 1040. The topological polar surface area (TPSA) is 62.6 Å². The third-order valence-corrected chi connectivity index (χ3v) is 5.80. The van der Waals surface area contributed by atoms with Crippen molar-refractivity contribution in [2.75, 3.05) is 34.5 Å². The Morgan fingerprint density at radius 2 is 1.86 bits per heavy atom. The van der Waals surface area contributed by atoms with Crippen LogP contribution in [0.5, 0.6) is 5.75 Å². The average molecular weight is 403 g/mol. The molecule has 0 saturated carbocycles. The Labute approximate surface area is 168 Å². The minimum atomic E-state index is -0.0269. The lowest BCUT2D eigenvalue weighted by Gasteiger charge is -2.13. The van der Waals surface area contributed by atoms with Gasteiger partial charge in [-0.15, -0.1) is 11.3 Å². The maximum absolute atomic E-state index is 13.4. The van der Waals surface area contributed by atoms with Crippen LogP contribution in [0.4, 0.5) is 0 Å². The molecule has 6 nitrogen and oxygen atoms in total. The minimum Gasteiger partial charge on any atom is -0.496 e. The number of fused-ring (bicyclic) bond motifs is 1. The fourth-order valence-electron chi connectivity index (χ4n) is 3.42. The molecule has 1 aromatic carbocycles. The highest BCUT2D eigenvalue weighted by molar-refractivity contribution is 7.19. The van der Waals surface area contributed by atoms with Gasteiger partial charge in [0.15, 0.2) is 0 Å². The van der Waals surface area contributed by atoms with E-state index in [-0.39, 0.29) is 5.56 Å². The van der Waals surface area contributed by atoms with E-state index in [1.54, 1.807) is 37.2 Å². The molecule has 0 aliphatic heterocycles. The van der Waals surface area contributed by atoms with Crippen LogP contribution in [-0.4, -0.2) is 44.1 Å². The van der Waals surface area contributed by atoms with Crippen LogP contribution in [0, 0.1) is 13.8 Å². The molecular formula is C21H26N2O4S. The highest BCUT2D eigenvalue weighted by atomic mass is 32.1. The number of thiophene rings is 1. The summed E-state index contributed by atoms with van der Waals surface area (Å²) in [5.41, 5.74) is 2.96. The summed E-state index contributed by atoms with van der Waals surface area (Å²) >= 11 is 1.56. The Hall–Kier alpha value is -2.22. The zero-order chi connectivity index (χ0) is 20.3. The van der Waals surface area contributed by atoms with E-state index < -0.39 is 0 Å². The molecule has 0 N–H and O–H groups in total. The second-order valence-corrected chi connectivity index (χ2v) is 7.82. The summed E-state index contributed by atoms with van der Waals surface area (Å²) in [6.45, 7) is 5.47. The Kier molecular flexibility index (Phi) is 6.49. The molecule has 150 valence electrons. The molecule has 0 spiro atoms. The van der Waals surface area contributed by atoms with E-state index in [0.29, 0.717) is 31.6 Å². The smallest absolute Gasteiger partial charge is 0.262 e. The monoisotopic (exact) mass is 402 g/mol. The van der Waals surface area contributed by atoms with Crippen LogP contribution in [0.15, 0.2) is 23.0 Å². The molecule has 0 amide bonds. The number of aromatic nitrogens is 2. The summed E-state index contributed by atoms with van der Waals surface area (Å²) in [7, 11) is 4.94. The van der Waals surface area contributed by atoms with Gasteiger partial charge in [-0.05, 0) is 37.1 Å². The number of aryl methyl sites for hydroxylation is 2. The van der Waals surface area contributed by atoms with Crippen molar-refractivity contribution in [3.8, 4) is 16.9 Å². The first-order valence-electron chi connectivity index (χ1n) is 9.17. The van der Waals surface area contributed by atoms with Crippen LogP contribution in [0.2, 0.25) is 0 Å². The van der Waals surface area contributed by atoms with Gasteiger partial charge < -0.3 is 14.2 Å². The van der Waals surface area contributed by atoms with E-state index in [9.17, 15) is 4.79 Å². The molecule has 3 rings (SSSR count). The van der Waals surface area contributed by atoms with Gasteiger partial charge in [0, 0.05) is 31.1 Å². The van der Waals surface area contributed by atoms with Gasteiger partial charge in [-0.3, -0.25) is 9.36 Å². The first-order chi connectivity index (χ1) is 13.5. The summed E-state index contributed by atoms with van der Waals surface area (Å²) in [4.78, 5) is 20.1. The van der Waals surface area contributed by atoms with Crippen LogP contribution < -0.4 is 10.3 Å². The highest BCUT2D eigenvalue weighted by Crippen LogP contribution is 2.37. The number of ether oxygens (including phenoxy) is 3. The van der Waals surface area contributed by atoms with Crippen molar-refractivity contribution in [2.24, 2.45) is 0 Å². The number of nitrogens with zero attached hydrogens (tertiary/aromatic N) is 2. The van der Waals surface area contributed by atoms with E-state index in [0.717, 1.165) is 38.0 Å². The van der Waals surface area contributed by atoms with E-state index in [4.69, 9.17) is 19.2 Å². The van der Waals surface area contributed by atoms with Crippen molar-refractivity contribution in [3.63, 3.8) is 0 Å². The fraction of sp³-hybridized carbons (Fsp3) is 0.429. The first kappa shape index (κ1) is 20.5. The van der Waals surface area contributed by atoms with Gasteiger partial charge in [0.1, 0.15) is 16.4 Å². The number of rotatable bonds is 8. The molecule has 3 aromatic rings. The van der Waals surface area contributed by atoms with Crippen LogP contribution in [0.1, 0.15) is 16.3 Å². The lowest BCUT2D eigenvalue weighted by Crippen LogP contribution is -2.27. The fourth-order valence-corrected chi connectivity index (χ4v) is 4.47. The molecule has 0 fully saturated rings. The average Bonchev–Trinajstić information content (AvgIpc) is 3.01. The standard InChI is InChI=1S/C21H26N2O4S/c1-13-12-15(6-7-16(13)27-5)18-14(2)28-20-19(18)21(24)23(9-11-26-4)17(22-20)8-10-25-3/h6-7,12H,8-11H2,1-5H3. The highest BCUT2D eigenvalue weighted by Gasteiger charge is 2.20. The summed E-state index contributed by atoms with van der Waals surface area (Å²) in [5.74, 6) is 1.56. The summed E-state index contributed by atoms with van der Waals surface area (Å²) in [5, 5.41) is 0.671. The molecule has 0 saturated heterocycles. The second kappa shape index (κ2) is 8.86. The van der Waals surface area contributed by atoms with Gasteiger partial charge in [0.2, 0.25) is 0 Å². The van der Waals surface area contributed by atoms with Gasteiger partial charge >= 0.3 is 0 Å². The lowest BCUT2D eigenvalue weighted by atomic mass is 10.0. The number of hydrogen-bond acceptors (Lipinski definition) is 6. The Morgan fingerprint density at radius 1 is 1.11 bits per heavy atom. The molecule has 0 aliphatic rings. The number of benzene rings is 1. The van der Waals surface area contributed by atoms with E-state index >= 15 is 0 Å². The lowest BCUT2D eigenvalue weighted by molar-refractivity contribution is 0.180. The van der Waals surface area contributed by atoms with Crippen molar-refractivity contribution >= 4 is 21.6 Å². The second-order valence-electron chi connectivity index (χ2n) is 6.62. The molecule has 0 atom stereocenters. The SMILES string of the molecule is COCCc1nc2sc(C)c(-c3ccc(OC)c(C)c3)c2c(=O)n1CCOC. The Balaban J connectivity index is 2.23. The van der Waals surface area contributed by atoms with Crippen LogP contribution >= 0.6 is 11.3 Å². The first-order valence-corrected chi connectivity index (χ1v) is 9.99. The van der Waals surface area contributed by atoms with Gasteiger partial charge in [0.25, 0.3) is 5.56 Å². The summed E-state index contributed by atoms with van der Waals surface area (Å²) in [6, 6.07) is 6.00. The van der Waals surface area contributed by atoms with Gasteiger partial charge in [-0.1, -0.05) is 6.07 Å². The predicted molar refractivity (Wildman–Crippen MR) is 113 cm³/mol. The molecule has 0 unspecified atom stereocenters. The molecule has 28 heavy (non-hydrogen) atoms. The zero-order valence-corrected chi connectivity index (χ0v) is 17.8. The van der Waals surface area contributed by atoms with Crippen molar-refractivity contribution in [1.29, 1.82) is 0 Å². The van der Waals surface area contributed by atoms with E-state index in [1.807, 2.05) is 26.0 Å². The third kappa shape index (κ3) is 3.83. The molecule has 2 heterocycles. The molecular weight excluding hydrogens is 376 g/mol. The molecule has 7 heteroatoms. The number of methoxy groups -OCH3 is 3. The minimum absolute atomic E-state index is 0.0269. The van der Waals surface area contributed by atoms with Crippen LogP contribution in [0.3, 0.4) is 0 Å². The van der Waals surface area contributed by atoms with Crippen molar-refractivity contribution in [2.45, 2.75) is 26.8 Å². The van der Waals surface area contributed by atoms with Crippen LogP contribution in [0.25, 0.3) is 21.3 Å². The van der Waals surface area contributed by atoms with E-state index in [2.05, 4.69) is 6.07 Å². The third-order valence-electron chi connectivity index (χ3n) is 4.80. The van der Waals surface area contributed by atoms with Gasteiger partial charge in [-0.2, -0.15) is 0 Å². The molecule has 2 aromatic heterocycles. The Morgan fingerprint density at radius 3 is 2.50 bits per heavy atom.